The second-order valence-corrected chi connectivity index (χ2v) is 5.01. The molecule has 5 nitrogen and oxygen atoms in total. The number of hydrogen-bond donors (Lipinski definition) is 0. The topological polar surface area (TPSA) is 42.0 Å². The van der Waals surface area contributed by atoms with Gasteiger partial charge in [0.15, 0.2) is 11.6 Å². The number of rotatable bonds is 4. The van der Waals surface area contributed by atoms with Gasteiger partial charge in [-0.1, -0.05) is 0 Å². The van der Waals surface area contributed by atoms with Gasteiger partial charge in [-0.2, -0.15) is 0 Å². The molecule has 0 aliphatic carbocycles. The van der Waals surface area contributed by atoms with E-state index in [1.807, 2.05) is 0 Å². The SMILES string of the molecule is COc1cc(N2CCN(C(=O)[C@@H](C)OC)CC2)ccc1F. The van der Waals surface area contributed by atoms with Gasteiger partial charge < -0.3 is 19.3 Å². The quantitative estimate of drug-likeness (QED) is 0.845. The van der Waals surface area contributed by atoms with Crippen molar-refractivity contribution in [2.45, 2.75) is 13.0 Å². The lowest BCUT2D eigenvalue weighted by molar-refractivity contribution is -0.141. The Morgan fingerprint density at radius 2 is 1.90 bits per heavy atom. The number of hydrogen-bond acceptors (Lipinski definition) is 4. The summed E-state index contributed by atoms with van der Waals surface area (Å²) in [6.07, 6.45) is -0.414. The minimum atomic E-state index is -0.414. The van der Waals surface area contributed by atoms with Crippen LogP contribution in [0.2, 0.25) is 0 Å². The Balaban J connectivity index is 1.99. The fourth-order valence-corrected chi connectivity index (χ4v) is 2.39. The van der Waals surface area contributed by atoms with Crippen LogP contribution in [0.25, 0.3) is 0 Å². The lowest BCUT2D eigenvalue weighted by Crippen LogP contribution is -2.51. The normalized spacial score (nSPS) is 16.8. The van der Waals surface area contributed by atoms with Gasteiger partial charge in [-0.15, -0.1) is 0 Å². The average Bonchev–Trinajstić information content (AvgIpc) is 2.54. The molecule has 6 heteroatoms. The van der Waals surface area contributed by atoms with E-state index in [9.17, 15) is 9.18 Å². The number of ether oxygens (including phenoxy) is 2. The second-order valence-electron chi connectivity index (χ2n) is 5.01. The molecule has 1 aliphatic rings. The van der Waals surface area contributed by atoms with E-state index in [1.165, 1.54) is 20.3 Å². The Morgan fingerprint density at radius 3 is 2.48 bits per heavy atom. The van der Waals surface area contributed by atoms with Crippen molar-refractivity contribution in [1.29, 1.82) is 0 Å². The molecule has 0 saturated carbocycles. The van der Waals surface area contributed by atoms with Crippen LogP contribution in [0, 0.1) is 5.82 Å². The van der Waals surface area contributed by atoms with Crippen LogP contribution in [0.15, 0.2) is 18.2 Å². The van der Waals surface area contributed by atoms with E-state index in [2.05, 4.69) is 4.90 Å². The molecule has 1 saturated heterocycles. The van der Waals surface area contributed by atoms with E-state index in [0.717, 1.165) is 5.69 Å². The van der Waals surface area contributed by atoms with Gasteiger partial charge in [-0.05, 0) is 19.1 Å². The Morgan fingerprint density at radius 1 is 1.24 bits per heavy atom. The molecule has 1 aromatic rings. The Kier molecular flexibility index (Phi) is 5.01. The minimum Gasteiger partial charge on any atom is -0.494 e. The highest BCUT2D eigenvalue weighted by molar-refractivity contribution is 5.80. The molecule has 0 radical (unpaired) electrons. The lowest BCUT2D eigenvalue weighted by atomic mass is 10.2. The molecule has 1 heterocycles. The predicted molar refractivity (Wildman–Crippen MR) is 78.2 cm³/mol. The summed E-state index contributed by atoms with van der Waals surface area (Å²) < 4.78 is 23.5. The maximum atomic E-state index is 13.4. The molecule has 1 aliphatic heterocycles. The smallest absolute Gasteiger partial charge is 0.251 e. The van der Waals surface area contributed by atoms with Gasteiger partial charge >= 0.3 is 0 Å². The number of carbonyl (C=O) groups is 1. The van der Waals surface area contributed by atoms with Crippen molar-refractivity contribution in [3.05, 3.63) is 24.0 Å². The van der Waals surface area contributed by atoms with Crippen molar-refractivity contribution < 1.29 is 18.7 Å². The van der Waals surface area contributed by atoms with Crippen molar-refractivity contribution in [2.24, 2.45) is 0 Å². The number of nitrogens with zero attached hydrogens (tertiary/aromatic N) is 2. The summed E-state index contributed by atoms with van der Waals surface area (Å²) in [5, 5.41) is 0. The molecule has 1 fully saturated rings. The third kappa shape index (κ3) is 3.44. The summed E-state index contributed by atoms with van der Waals surface area (Å²) in [5.41, 5.74) is 0.903. The van der Waals surface area contributed by atoms with Crippen molar-refractivity contribution in [1.82, 2.24) is 4.90 Å². The third-order valence-electron chi connectivity index (χ3n) is 3.79. The first kappa shape index (κ1) is 15.6. The van der Waals surface area contributed by atoms with Crippen molar-refractivity contribution in [3.8, 4) is 5.75 Å². The number of amides is 1. The van der Waals surface area contributed by atoms with Crippen molar-refractivity contribution in [2.75, 3.05) is 45.3 Å². The van der Waals surface area contributed by atoms with E-state index < -0.39 is 6.10 Å². The fourth-order valence-electron chi connectivity index (χ4n) is 2.39. The van der Waals surface area contributed by atoms with Crippen LogP contribution in [-0.2, 0) is 9.53 Å². The molecule has 1 atom stereocenters. The van der Waals surface area contributed by atoms with Crippen molar-refractivity contribution in [3.63, 3.8) is 0 Å². The second kappa shape index (κ2) is 6.76. The molecule has 116 valence electrons. The summed E-state index contributed by atoms with van der Waals surface area (Å²) in [4.78, 5) is 15.9. The molecule has 1 amide bonds. The van der Waals surface area contributed by atoms with Gasteiger partial charge in [0.1, 0.15) is 6.10 Å². The van der Waals surface area contributed by atoms with Crippen LogP contribution in [0.4, 0.5) is 10.1 Å². The van der Waals surface area contributed by atoms with Crippen LogP contribution < -0.4 is 9.64 Å². The van der Waals surface area contributed by atoms with Gasteiger partial charge in [0.2, 0.25) is 0 Å². The van der Waals surface area contributed by atoms with E-state index >= 15 is 0 Å². The highest BCUT2D eigenvalue weighted by Crippen LogP contribution is 2.25. The lowest BCUT2D eigenvalue weighted by Gasteiger charge is -2.37. The molecule has 0 aromatic heterocycles. The van der Waals surface area contributed by atoms with Crippen LogP contribution >= 0.6 is 0 Å². The third-order valence-corrected chi connectivity index (χ3v) is 3.79. The Labute approximate surface area is 124 Å². The summed E-state index contributed by atoms with van der Waals surface area (Å²) >= 11 is 0. The number of piperazine rings is 1. The molecular weight excluding hydrogens is 275 g/mol. The van der Waals surface area contributed by atoms with Crippen LogP contribution in [0.3, 0.4) is 0 Å². The first-order chi connectivity index (χ1) is 10.1. The maximum Gasteiger partial charge on any atom is 0.251 e. The molecule has 1 aromatic carbocycles. The average molecular weight is 296 g/mol. The Hall–Kier alpha value is -1.82. The van der Waals surface area contributed by atoms with Gasteiger partial charge in [0.05, 0.1) is 7.11 Å². The summed E-state index contributed by atoms with van der Waals surface area (Å²) in [6, 6.07) is 4.82. The first-order valence-electron chi connectivity index (χ1n) is 6.97. The fraction of sp³-hybridized carbons (Fsp3) is 0.533. The molecule has 0 spiro atoms. The summed E-state index contributed by atoms with van der Waals surface area (Å²) in [5.74, 6) is -0.128. The number of benzene rings is 1. The monoisotopic (exact) mass is 296 g/mol. The van der Waals surface area contributed by atoms with Gasteiger partial charge in [0.25, 0.3) is 5.91 Å². The zero-order valence-electron chi connectivity index (χ0n) is 12.6. The largest absolute Gasteiger partial charge is 0.494 e. The predicted octanol–water partition coefficient (Wildman–Crippen LogP) is 1.52. The van der Waals surface area contributed by atoms with Crippen LogP contribution in [0.1, 0.15) is 6.92 Å². The molecule has 0 N–H and O–H groups in total. The number of halogens is 1. The van der Waals surface area contributed by atoms with E-state index in [4.69, 9.17) is 9.47 Å². The molecule has 0 bridgehead atoms. The molecular formula is C15H21FN2O3. The van der Waals surface area contributed by atoms with Crippen LogP contribution in [-0.4, -0.2) is 57.3 Å². The standard InChI is InChI=1S/C15H21FN2O3/c1-11(20-2)15(19)18-8-6-17(7-9-18)12-4-5-13(16)14(10-12)21-3/h4-5,10-11H,6-9H2,1-3H3/t11-/m1/s1. The van der Waals surface area contributed by atoms with Crippen LogP contribution in [0.5, 0.6) is 5.75 Å². The molecule has 0 unspecified atom stereocenters. The van der Waals surface area contributed by atoms with E-state index in [0.29, 0.717) is 26.2 Å². The minimum absolute atomic E-state index is 0.00818. The number of anilines is 1. The highest BCUT2D eigenvalue weighted by Gasteiger charge is 2.25. The highest BCUT2D eigenvalue weighted by atomic mass is 19.1. The molecule has 21 heavy (non-hydrogen) atoms. The summed E-state index contributed by atoms with van der Waals surface area (Å²) in [6.45, 7) is 4.42. The number of carbonyl (C=O) groups excluding carboxylic acids is 1. The first-order valence-corrected chi connectivity index (χ1v) is 6.97. The zero-order chi connectivity index (χ0) is 15.4. The summed E-state index contributed by atoms with van der Waals surface area (Å²) in [7, 11) is 2.98. The van der Waals surface area contributed by atoms with Gasteiger partial charge in [-0.25, -0.2) is 4.39 Å². The zero-order valence-corrected chi connectivity index (χ0v) is 12.6. The van der Waals surface area contributed by atoms with Crippen molar-refractivity contribution >= 4 is 11.6 Å². The van der Waals surface area contributed by atoms with E-state index in [1.54, 1.807) is 24.0 Å². The molecule has 2 rings (SSSR count). The Bertz CT molecular complexity index is 502. The maximum absolute atomic E-state index is 13.4. The van der Waals surface area contributed by atoms with Gasteiger partial charge in [0, 0.05) is 45.0 Å². The number of methoxy groups -OCH3 is 2. The van der Waals surface area contributed by atoms with E-state index in [-0.39, 0.29) is 17.5 Å². The van der Waals surface area contributed by atoms with Gasteiger partial charge in [-0.3, -0.25) is 4.79 Å².